The number of rotatable bonds is 6. The van der Waals surface area contributed by atoms with Gasteiger partial charge in [-0.15, -0.1) is 11.3 Å². The van der Waals surface area contributed by atoms with E-state index < -0.39 is 0 Å². The summed E-state index contributed by atoms with van der Waals surface area (Å²) < 4.78 is 0. The molecular formula is C18H19N3S. The van der Waals surface area contributed by atoms with E-state index in [1.54, 1.807) is 17.5 Å². The Balaban J connectivity index is 1.67. The monoisotopic (exact) mass is 309 g/mol. The zero-order chi connectivity index (χ0) is 15.2. The van der Waals surface area contributed by atoms with Crippen molar-refractivity contribution in [2.45, 2.75) is 26.2 Å². The molecule has 0 atom stereocenters. The minimum atomic E-state index is 0.903. The van der Waals surface area contributed by atoms with Crippen LogP contribution >= 0.6 is 11.3 Å². The highest BCUT2D eigenvalue weighted by molar-refractivity contribution is 7.14. The Labute approximate surface area is 135 Å². The fourth-order valence-electron chi connectivity index (χ4n) is 2.24. The molecule has 1 N–H and O–H groups in total. The molecule has 112 valence electrons. The van der Waals surface area contributed by atoms with E-state index in [-0.39, 0.29) is 0 Å². The Morgan fingerprint density at radius 3 is 2.73 bits per heavy atom. The lowest BCUT2D eigenvalue weighted by Gasteiger charge is -2.04. The van der Waals surface area contributed by atoms with Gasteiger partial charge in [0.05, 0.1) is 5.69 Å². The number of thiazole rings is 1. The number of anilines is 2. The van der Waals surface area contributed by atoms with E-state index in [4.69, 9.17) is 0 Å². The SMILES string of the molecule is CCCCc1ccc(Nc2nc(-c3cccnc3)cs2)cc1. The van der Waals surface area contributed by atoms with Crippen molar-refractivity contribution in [1.82, 2.24) is 9.97 Å². The van der Waals surface area contributed by atoms with Crippen LogP contribution in [0.15, 0.2) is 54.2 Å². The summed E-state index contributed by atoms with van der Waals surface area (Å²) in [5, 5.41) is 6.32. The van der Waals surface area contributed by atoms with Crippen LogP contribution in [0.3, 0.4) is 0 Å². The second kappa shape index (κ2) is 7.18. The predicted octanol–water partition coefficient (Wildman–Crippen LogP) is 5.29. The summed E-state index contributed by atoms with van der Waals surface area (Å²) in [7, 11) is 0. The molecule has 1 aromatic carbocycles. The molecule has 22 heavy (non-hydrogen) atoms. The summed E-state index contributed by atoms with van der Waals surface area (Å²) in [4.78, 5) is 8.75. The third kappa shape index (κ3) is 3.71. The van der Waals surface area contributed by atoms with E-state index in [2.05, 4.69) is 51.9 Å². The normalized spacial score (nSPS) is 10.6. The average molecular weight is 309 g/mol. The minimum absolute atomic E-state index is 0.903. The Morgan fingerprint density at radius 2 is 2.00 bits per heavy atom. The van der Waals surface area contributed by atoms with Crippen molar-refractivity contribution in [3.8, 4) is 11.3 Å². The molecule has 3 nitrogen and oxygen atoms in total. The molecule has 0 radical (unpaired) electrons. The fourth-order valence-corrected chi connectivity index (χ4v) is 2.98. The first-order valence-electron chi connectivity index (χ1n) is 7.57. The number of nitrogens with one attached hydrogen (secondary N) is 1. The molecule has 0 saturated heterocycles. The molecule has 3 aromatic rings. The lowest BCUT2D eigenvalue weighted by atomic mass is 10.1. The topological polar surface area (TPSA) is 37.8 Å². The van der Waals surface area contributed by atoms with Crippen molar-refractivity contribution in [3.63, 3.8) is 0 Å². The van der Waals surface area contributed by atoms with Gasteiger partial charge in [0.1, 0.15) is 0 Å². The van der Waals surface area contributed by atoms with Gasteiger partial charge in [-0.1, -0.05) is 25.5 Å². The molecule has 2 heterocycles. The van der Waals surface area contributed by atoms with Crippen LogP contribution in [0.25, 0.3) is 11.3 Å². The molecule has 2 aromatic heterocycles. The van der Waals surface area contributed by atoms with Crippen LogP contribution in [-0.4, -0.2) is 9.97 Å². The molecule has 0 unspecified atom stereocenters. The maximum atomic E-state index is 4.62. The van der Waals surface area contributed by atoms with E-state index in [1.807, 2.05) is 18.3 Å². The molecule has 0 bridgehead atoms. The smallest absolute Gasteiger partial charge is 0.187 e. The third-order valence-electron chi connectivity index (χ3n) is 3.49. The average Bonchev–Trinajstić information content (AvgIpc) is 3.04. The minimum Gasteiger partial charge on any atom is -0.332 e. The number of hydrogen-bond donors (Lipinski definition) is 1. The Kier molecular flexibility index (Phi) is 4.81. The Hall–Kier alpha value is -2.20. The van der Waals surface area contributed by atoms with Gasteiger partial charge < -0.3 is 5.32 Å². The van der Waals surface area contributed by atoms with Gasteiger partial charge >= 0.3 is 0 Å². The maximum absolute atomic E-state index is 4.62. The Bertz CT molecular complexity index is 705. The van der Waals surface area contributed by atoms with Gasteiger partial charge in [-0.05, 0) is 42.7 Å². The summed E-state index contributed by atoms with van der Waals surface area (Å²) in [5.41, 5.74) is 4.47. The number of nitrogens with zero attached hydrogens (tertiary/aromatic N) is 2. The van der Waals surface area contributed by atoms with Crippen LogP contribution in [0.5, 0.6) is 0 Å². The van der Waals surface area contributed by atoms with Crippen molar-refractivity contribution < 1.29 is 0 Å². The van der Waals surface area contributed by atoms with Gasteiger partial charge in [-0.2, -0.15) is 0 Å². The van der Waals surface area contributed by atoms with Gasteiger partial charge in [0.25, 0.3) is 0 Å². The highest BCUT2D eigenvalue weighted by Crippen LogP contribution is 2.26. The number of aromatic nitrogens is 2. The molecule has 0 aliphatic rings. The predicted molar refractivity (Wildman–Crippen MR) is 93.7 cm³/mol. The van der Waals surface area contributed by atoms with Crippen LogP contribution < -0.4 is 5.32 Å². The second-order valence-corrected chi connectivity index (χ2v) is 6.06. The second-order valence-electron chi connectivity index (χ2n) is 5.21. The van der Waals surface area contributed by atoms with Crippen LogP contribution in [0.2, 0.25) is 0 Å². The van der Waals surface area contributed by atoms with Crippen molar-refractivity contribution in [1.29, 1.82) is 0 Å². The third-order valence-corrected chi connectivity index (χ3v) is 4.24. The summed E-state index contributed by atoms with van der Waals surface area (Å²) in [5.74, 6) is 0. The largest absolute Gasteiger partial charge is 0.332 e. The summed E-state index contributed by atoms with van der Waals surface area (Å²) in [6, 6.07) is 12.6. The lowest BCUT2D eigenvalue weighted by Crippen LogP contribution is -1.91. The van der Waals surface area contributed by atoms with Crippen LogP contribution in [0.1, 0.15) is 25.3 Å². The van der Waals surface area contributed by atoms with Crippen LogP contribution in [-0.2, 0) is 6.42 Å². The number of hydrogen-bond acceptors (Lipinski definition) is 4. The number of unbranched alkanes of at least 4 members (excludes halogenated alkanes) is 1. The first-order chi connectivity index (χ1) is 10.8. The maximum Gasteiger partial charge on any atom is 0.187 e. The molecule has 0 aliphatic heterocycles. The van der Waals surface area contributed by atoms with Crippen LogP contribution in [0, 0.1) is 0 Å². The van der Waals surface area contributed by atoms with Crippen molar-refractivity contribution in [2.75, 3.05) is 5.32 Å². The summed E-state index contributed by atoms with van der Waals surface area (Å²) in [6.45, 7) is 2.22. The van der Waals surface area contributed by atoms with Gasteiger partial charge in [-0.25, -0.2) is 4.98 Å². The van der Waals surface area contributed by atoms with E-state index in [0.29, 0.717) is 0 Å². The first kappa shape index (κ1) is 14.7. The van der Waals surface area contributed by atoms with E-state index in [0.717, 1.165) is 28.5 Å². The molecule has 4 heteroatoms. The molecule has 0 amide bonds. The van der Waals surface area contributed by atoms with Crippen LogP contribution in [0.4, 0.5) is 10.8 Å². The van der Waals surface area contributed by atoms with Crippen molar-refractivity contribution >= 4 is 22.2 Å². The molecule has 0 aliphatic carbocycles. The summed E-state index contributed by atoms with van der Waals surface area (Å²) in [6.07, 6.45) is 7.24. The van der Waals surface area contributed by atoms with Crippen molar-refractivity contribution in [3.05, 3.63) is 59.7 Å². The zero-order valence-corrected chi connectivity index (χ0v) is 13.4. The van der Waals surface area contributed by atoms with Gasteiger partial charge in [0.15, 0.2) is 5.13 Å². The fraction of sp³-hybridized carbons (Fsp3) is 0.222. The molecule has 0 saturated carbocycles. The number of aryl methyl sites for hydroxylation is 1. The van der Waals surface area contributed by atoms with Gasteiger partial charge in [-0.3, -0.25) is 4.98 Å². The van der Waals surface area contributed by atoms with E-state index in [1.165, 1.54) is 18.4 Å². The van der Waals surface area contributed by atoms with E-state index >= 15 is 0 Å². The quantitative estimate of drug-likeness (QED) is 0.672. The standard InChI is InChI=1S/C18H19N3S/c1-2-3-5-14-7-9-16(10-8-14)20-18-21-17(13-22-18)15-6-4-11-19-12-15/h4,6-13H,2-3,5H2,1H3,(H,20,21). The highest BCUT2D eigenvalue weighted by atomic mass is 32.1. The highest BCUT2D eigenvalue weighted by Gasteiger charge is 2.04. The van der Waals surface area contributed by atoms with Gasteiger partial charge in [0.2, 0.25) is 0 Å². The van der Waals surface area contributed by atoms with Gasteiger partial charge in [0, 0.05) is 29.0 Å². The Morgan fingerprint density at radius 1 is 1.14 bits per heavy atom. The van der Waals surface area contributed by atoms with Crippen molar-refractivity contribution in [2.24, 2.45) is 0 Å². The lowest BCUT2D eigenvalue weighted by molar-refractivity contribution is 0.795. The first-order valence-corrected chi connectivity index (χ1v) is 8.45. The molecule has 0 fully saturated rings. The molecular weight excluding hydrogens is 290 g/mol. The molecule has 3 rings (SSSR count). The summed E-state index contributed by atoms with van der Waals surface area (Å²) >= 11 is 1.61. The number of pyridine rings is 1. The van der Waals surface area contributed by atoms with E-state index in [9.17, 15) is 0 Å². The number of benzene rings is 1. The zero-order valence-electron chi connectivity index (χ0n) is 12.6. The molecule has 0 spiro atoms.